The van der Waals surface area contributed by atoms with Crippen molar-refractivity contribution in [3.05, 3.63) is 6.61 Å². The van der Waals surface area contributed by atoms with Gasteiger partial charge in [-0.3, -0.25) is 0 Å². The third-order valence-electron chi connectivity index (χ3n) is 2.29. The molecule has 1 unspecified atom stereocenters. The molecule has 0 spiro atoms. The average Bonchev–Trinajstić information content (AvgIpc) is 2.02. The minimum atomic E-state index is -0.837. The van der Waals surface area contributed by atoms with Crippen LogP contribution in [0.3, 0.4) is 0 Å². The molecule has 0 bridgehead atoms. The van der Waals surface area contributed by atoms with E-state index >= 15 is 0 Å². The van der Waals surface area contributed by atoms with Crippen LogP contribution in [-0.2, 0) is 4.74 Å². The van der Waals surface area contributed by atoms with Crippen LogP contribution in [0.1, 0.15) is 19.3 Å². The zero-order valence-corrected chi connectivity index (χ0v) is 9.52. The lowest BCUT2D eigenvalue weighted by Crippen LogP contribution is -2.22. The summed E-state index contributed by atoms with van der Waals surface area (Å²) < 4.78 is 5.21. The molecule has 0 aromatic rings. The molecule has 12 heavy (non-hydrogen) atoms. The molecule has 1 aliphatic rings. The van der Waals surface area contributed by atoms with Crippen molar-refractivity contribution < 1.29 is 4.74 Å². The Bertz CT molecular complexity index is 122. The smallest absolute Gasteiger partial charge is 0.135 e. The summed E-state index contributed by atoms with van der Waals surface area (Å²) in [4.78, 5) is 0. The van der Waals surface area contributed by atoms with Gasteiger partial charge in [0.1, 0.15) is 6.61 Å². The van der Waals surface area contributed by atoms with Gasteiger partial charge in [0.25, 0.3) is 0 Å². The van der Waals surface area contributed by atoms with Gasteiger partial charge < -0.3 is 4.74 Å². The Balaban J connectivity index is 2.13. The van der Waals surface area contributed by atoms with Crippen molar-refractivity contribution >= 4 is 8.07 Å². The predicted octanol–water partition coefficient (Wildman–Crippen LogP) is 3.18. The van der Waals surface area contributed by atoms with Gasteiger partial charge in [-0.25, -0.2) is 0 Å². The molecular formula is C10H20OSi. The van der Waals surface area contributed by atoms with Crippen molar-refractivity contribution in [2.75, 3.05) is 6.61 Å². The van der Waals surface area contributed by atoms with Gasteiger partial charge in [-0.2, -0.15) is 0 Å². The van der Waals surface area contributed by atoms with Crippen LogP contribution in [0.2, 0.25) is 25.7 Å². The molecule has 0 N–H and O–H groups in total. The highest BCUT2D eigenvalue weighted by molar-refractivity contribution is 6.76. The average molecular weight is 184 g/mol. The maximum absolute atomic E-state index is 5.21. The molecule has 1 nitrogen and oxygen atoms in total. The Morgan fingerprint density at radius 2 is 2.17 bits per heavy atom. The molecule has 0 saturated carbocycles. The quantitative estimate of drug-likeness (QED) is 0.612. The topological polar surface area (TPSA) is 9.23 Å². The molecule has 1 aliphatic heterocycles. The molecule has 1 atom stereocenters. The molecule has 0 aliphatic carbocycles. The van der Waals surface area contributed by atoms with E-state index in [4.69, 9.17) is 4.74 Å². The van der Waals surface area contributed by atoms with Crippen LogP contribution in [-0.4, -0.2) is 14.7 Å². The van der Waals surface area contributed by atoms with E-state index in [0.717, 1.165) is 6.61 Å². The number of hydrogen-bond acceptors (Lipinski definition) is 1. The van der Waals surface area contributed by atoms with Crippen LogP contribution in [0.25, 0.3) is 0 Å². The lowest BCUT2D eigenvalue weighted by molar-refractivity contribution is 0.115. The summed E-state index contributed by atoms with van der Waals surface area (Å²) in [5.41, 5.74) is 0. The summed E-state index contributed by atoms with van der Waals surface area (Å²) in [5, 5.41) is 0. The number of hydrogen-bond donors (Lipinski definition) is 0. The summed E-state index contributed by atoms with van der Waals surface area (Å²) >= 11 is 0. The van der Waals surface area contributed by atoms with Gasteiger partial charge in [-0.1, -0.05) is 25.7 Å². The maximum atomic E-state index is 5.21. The van der Waals surface area contributed by atoms with Crippen LogP contribution in [0, 0.1) is 12.5 Å². The molecule has 0 aromatic carbocycles. The lowest BCUT2D eigenvalue weighted by Gasteiger charge is -2.23. The van der Waals surface area contributed by atoms with Gasteiger partial charge in [0, 0.05) is 14.7 Å². The van der Waals surface area contributed by atoms with Crippen molar-refractivity contribution in [1.82, 2.24) is 0 Å². The fourth-order valence-corrected chi connectivity index (χ4v) is 2.66. The summed E-state index contributed by atoms with van der Waals surface area (Å²) in [6.45, 7) is 11.3. The van der Waals surface area contributed by atoms with Crippen molar-refractivity contribution in [2.45, 2.75) is 44.9 Å². The fraction of sp³-hybridized carbons (Fsp3) is 0.900. The summed E-state index contributed by atoms with van der Waals surface area (Å²) in [6, 6.07) is 1.41. The van der Waals surface area contributed by atoms with E-state index in [1.807, 2.05) is 0 Å². The molecule has 1 saturated heterocycles. The van der Waals surface area contributed by atoms with E-state index in [2.05, 4.69) is 26.2 Å². The van der Waals surface area contributed by atoms with E-state index in [1.165, 1.54) is 25.3 Å². The molecule has 0 aromatic heterocycles. The SMILES string of the molecule is C[Si](C)(C)CCC1[C]OCCC1. The van der Waals surface area contributed by atoms with Crippen LogP contribution in [0.4, 0.5) is 0 Å². The first-order valence-electron chi connectivity index (χ1n) is 4.95. The third kappa shape index (κ3) is 4.26. The Kier molecular flexibility index (Phi) is 3.78. The van der Waals surface area contributed by atoms with Gasteiger partial charge in [0.05, 0.1) is 0 Å². The Hall–Kier alpha value is 0.177. The first kappa shape index (κ1) is 10.3. The van der Waals surface area contributed by atoms with Crippen molar-refractivity contribution in [3.63, 3.8) is 0 Å². The Morgan fingerprint density at radius 1 is 1.42 bits per heavy atom. The number of rotatable bonds is 3. The molecule has 1 rings (SSSR count). The van der Waals surface area contributed by atoms with Gasteiger partial charge in [0.2, 0.25) is 0 Å². The monoisotopic (exact) mass is 184 g/mol. The first-order chi connectivity index (χ1) is 5.58. The molecule has 0 amide bonds. The second-order valence-corrected chi connectivity index (χ2v) is 10.5. The van der Waals surface area contributed by atoms with Gasteiger partial charge >= 0.3 is 0 Å². The first-order valence-corrected chi connectivity index (χ1v) is 8.66. The molecule has 70 valence electrons. The predicted molar refractivity (Wildman–Crippen MR) is 54.7 cm³/mol. The third-order valence-corrected chi connectivity index (χ3v) is 4.08. The normalized spacial score (nSPS) is 25.8. The summed E-state index contributed by atoms with van der Waals surface area (Å²) in [7, 11) is -0.837. The van der Waals surface area contributed by atoms with Gasteiger partial charge in [-0.05, 0) is 25.2 Å². The highest BCUT2D eigenvalue weighted by Gasteiger charge is 2.19. The van der Waals surface area contributed by atoms with E-state index in [1.54, 1.807) is 0 Å². The van der Waals surface area contributed by atoms with Gasteiger partial charge in [-0.15, -0.1) is 0 Å². The highest BCUT2D eigenvalue weighted by atomic mass is 28.3. The lowest BCUT2D eigenvalue weighted by atomic mass is 10.00. The zero-order valence-electron chi connectivity index (χ0n) is 8.52. The van der Waals surface area contributed by atoms with Crippen LogP contribution in [0.15, 0.2) is 0 Å². The van der Waals surface area contributed by atoms with Crippen LogP contribution in [0.5, 0.6) is 0 Å². The number of ether oxygens (including phenoxy) is 1. The van der Waals surface area contributed by atoms with E-state index < -0.39 is 8.07 Å². The standard InChI is InChI=1S/C10H20OSi/c1-12(2,3)8-6-10-5-4-7-11-9-10/h10H,4-8H2,1-3H3. The largest absolute Gasteiger partial charge is 0.368 e. The second kappa shape index (κ2) is 4.42. The van der Waals surface area contributed by atoms with Gasteiger partial charge in [0.15, 0.2) is 0 Å². The molecule has 2 radical (unpaired) electrons. The van der Waals surface area contributed by atoms with Crippen LogP contribution < -0.4 is 0 Å². The highest BCUT2D eigenvalue weighted by Crippen LogP contribution is 2.25. The van der Waals surface area contributed by atoms with E-state index in [9.17, 15) is 0 Å². The fourth-order valence-electron chi connectivity index (χ4n) is 1.45. The molecule has 1 heterocycles. The van der Waals surface area contributed by atoms with Crippen molar-refractivity contribution in [3.8, 4) is 0 Å². The Labute approximate surface area is 77.5 Å². The Morgan fingerprint density at radius 3 is 2.67 bits per heavy atom. The minimum Gasteiger partial charge on any atom is -0.368 e. The molecule has 2 heteroatoms. The van der Waals surface area contributed by atoms with E-state index in [-0.39, 0.29) is 0 Å². The second-order valence-electron chi connectivity index (χ2n) is 4.90. The van der Waals surface area contributed by atoms with Crippen LogP contribution >= 0.6 is 0 Å². The molecular weight excluding hydrogens is 164 g/mol. The summed E-state index contributed by atoms with van der Waals surface area (Å²) in [5.74, 6) is 0.630. The molecule has 1 fully saturated rings. The zero-order chi connectivity index (χ0) is 9.03. The van der Waals surface area contributed by atoms with Crippen molar-refractivity contribution in [2.24, 2.45) is 5.92 Å². The minimum absolute atomic E-state index is 0.630. The summed E-state index contributed by atoms with van der Waals surface area (Å²) in [6.07, 6.45) is 3.82. The van der Waals surface area contributed by atoms with Crippen molar-refractivity contribution in [1.29, 1.82) is 0 Å². The maximum Gasteiger partial charge on any atom is 0.135 e. The van der Waals surface area contributed by atoms with E-state index in [0.29, 0.717) is 5.92 Å².